The third-order valence-electron chi connectivity index (χ3n) is 5.07. The van der Waals surface area contributed by atoms with Gasteiger partial charge < -0.3 is 5.32 Å². The van der Waals surface area contributed by atoms with Gasteiger partial charge in [-0.1, -0.05) is 42.8 Å². The molecule has 0 unspecified atom stereocenters. The molecule has 1 atom stereocenters. The van der Waals surface area contributed by atoms with Gasteiger partial charge in [0.25, 0.3) is 5.56 Å². The maximum Gasteiger partial charge on any atom is 0.262 e. The van der Waals surface area contributed by atoms with Crippen LogP contribution < -0.4 is 10.9 Å². The van der Waals surface area contributed by atoms with Gasteiger partial charge in [0.15, 0.2) is 3.95 Å². The molecular formula is C22H20ClN3O2S2. The molecule has 2 aromatic heterocycles. The van der Waals surface area contributed by atoms with Gasteiger partial charge in [-0.25, -0.2) is 0 Å². The molecule has 2 aromatic carbocycles. The van der Waals surface area contributed by atoms with Crippen molar-refractivity contribution >= 4 is 57.6 Å². The van der Waals surface area contributed by atoms with E-state index in [1.54, 1.807) is 12.1 Å². The van der Waals surface area contributed by atoms with Gasteiger partial charge in [0.05, 0.1) is 15.8 Å². The van der Waals surface area contributed by atoms with Crippen LogP contribution in [-0.4, -0.2) is 20.9 Å². The molecule has 0 spiro atoms. The Hall–Kier alpha value is -2.48. The standard InChI is InChI=1S/C22H20ClN3O2S2/c1-3-13(2)24-18(27)12-25-20-19(14-7-6-8-15(23)11-14)30-22(29)26(20)17-10-5-4-9-16(17)21(25)28/h4-11,13H,3,12H2,1-2H3,(H,24,27)/t13-/m0/s1. The van der Waals surface area contributed by atoms with E-state index < -0.39 is 0 Å². The van der Waals surface area contributed by atoms with E-state index in [0.717, 1.165) is 22.4 Å². The Balaban J connectivity index is 2.05. The lowest BCUT2D eigenvalue weighted by Gasteiger charge is -2.15. The Labute approximate surface area is 187 Å². The molecule has 4 aromatic rings. The topological polar surface area (TPSA) is 55.5 Å². The number of hydrogen-bond donors (Lipinski definition) is 1. The van der Waals surface area contributed by atoms with Crippen LogP contribution in [0.5, 0.6) is 0 Å². The predicted octanol–water partition coefficient (Wildman–Crippen LogP) is 5.28. The Bertz CT molecular complexity index is 1390. The molecule has 0 aliphatic rings. The van der Waals surface area contributed by atoms with Crippen LogP contribution in [0.4, 0.5) is 0 Å². The second-order valence-corrected chi connectivity index (χ2v) is 9.23. The maximum atomic E-state index is 13.4. The van der Waals surface area contributed by atoms with Gasteiger partial charge in [0, 0.05) is 11.1 Å². The Morgan fingerprint density at radius 2 is 2.00 bits per heavy atom. The van der Waals surface area contributed by atoms with Gasteiger partial charge in [-0.05, 0) is 55.4 Å². The highest BCUT2D eigenvalue weighted by Crippen LogP contribution is 2.34. The highest BCUT2D eigenvalue weighted by atomic mass is 35.5. The zero-order chi connectivity index (χ0) is 21.4. The molecule has 0 aliphatic heterocycles. The number of nitrogens with zero attached hydrogens (tertiary/aromatic N) is 2. The molecule has 154 valence electrons. The van der Waals surface area contributed by atoms with Gasteiger partial charge in [0.1, 0.15) is 12.2 Å². The smallest absolute Gasteiger partial charge is 0.262 e. The predicted molar refractivity (Wildman–Crippen MR) is 126 cm³/mol. The number of amides is 1. The molecule has 0 fully saturated rings. The van der Waals surface area contributed by atoms with Crippen molar-refractivity contribution in [1.29, 1.82) is 0 Å². The number of thiazole rings is 1. The zero-order valence-corrected chi connectivity index (χ0v) is 18.9. The fraction of sp³-hybridized carbons (Fsp3) is 0.227. The van der Waals surface area contributed by atoms with E-state index in [1.807, 2.05) is 54.6 Å². The highest BCUT2D eigenvalue weighted by molar-refractivity contribution is 7.73. The third kappa shape index (κ3) is 3.69. The second kappa shape index (κ2) is 8.34. The van der Waals surface area contributed by atoms with Crippen LogP contribution in [-0.2, 0) is 11.3 Å². The molecule has 1 amide bonds. The van der Waals surface area contributed by atoms with Crippen molar-refractivity contribution in [2.75, 3.05) is 0 Å². The molecule has 4 rings (SSSR count). The molecule has 0 bridgehead atoms. The Morgan fingerprint density at radius 1 is 1.23 bits per heavy atom. The number of nitrogens with one attached hydrogen (secondary N) is 1. The van der Waals surface area contributed by atoms with Gasteiger partial charge in [-0.3, -0.25) is 18.6 Å². The van der Waals surface area contributed by atoms with Crippen LogP contribution in [0.15, 0.2) is 53.3 Å². The summed E-state index contributed by atoms with van der Waals surface area (Å²) >= 11 is 13.3. The zero-order valence-electron chi connectivity index (χ0n) is 16.5. The number of aromatic nitrogens is 2. The number of fused-ring (bicyclic) bond motifs is 3. The Morgan fingerprint density at radius 3 is 2.73 bits per heavy atom. The van der Waals surface area contributed by atoms with Crippen LogP contribution >= 0.6 is 35.2 Å². The molecule has 1 N–H and O–H groups in total. The molecular weight excluding hydrogens is 438 g/mol. The number of halogens is 1. The monoisotopic (exact) mass is 457 g/mol. The SMILES string of the molecule is CC[C@H](C)NC(=O)Cn1c(=O)c2ccccc2n2c(=S)sc(-c3cccc(Cl)c3)c12. The van der Waals surface area contributed by atoms with Crippen molar-refractivity contribution in [3.05, 3.63) is 67.9 Å². The maximum absolute atomic E-state index is 13.4. The van der Waals surface area contributed by atoms with Crippen molar-refractivity contribution in [2.24, 2.45) is 0 Å². The van der Waals surface area contributed by atoms with Gasteiger partial charge in [-0.2, -0.15) is 0 Å². The summed E-state index contributed by atoms with van der Waals surface area (Å²) < 4.78 is 4.00. The number of hydrogen-bond acceptors (Lipinski definition) is 4. The Kier molecular flexibility index (Phi) is 5.77. The summed E-state index contributed by atoms with van der Waals surface area (Å²) in [6.07, 6.45) is 0.811. The molecule has 30 heavy (non-hydrogen) atoms. The minimum Gasteiger partial charge on any atom is -0.352 e. The minimum atomic E-state index is -0.221. The first-order valence-electron chi connectivity index (χ1n) is 9.63. The first-order chi connectivity index (χ1) is 14.4. The number of para-hydroxylation sites is 1. The summed E-state index contributed by atoms with van der Waals surface area (Å²) in [5.74, 6) is -0.210. The van der Waals surface area contributed by atoms with Crippen molar-refractivity contribution < 1.29 is 4.79 Å². The first-order valence-corrected chi connectivity index (χ1v) is 11.2. The molecule has 0 saturated heterocycles. The first kappa shape index (κ1) is 20.8. The lowest BCUT2D eigenvalue weighted by molar-refractivity contribution is -0.122. The molecule has 8 heteroatoms. The highest BCUT2D eigenvalue weighted by Gasteiger charge is 2.20. The van der Waals surface area contributed by atoms with Gasteiger partial charge in [0.2, 0.25) is 5.91 Å². The normalized spacial score (nSPS) is 12.4. The molecule has 5 nitrogen and oxygen atoms in total. The van der Waals surface area contributed by atoms with Crippen molar-refractivity contribution in [1.82, 2.24) is 14.3 Å². The minimum absolute atomic E-state index is 0.0289. The van der Waals surface area contributed by atoms with E-state index in [1.165, 1.54) is 15.9 Å². The van der Waals surface area contributed by atoms with Gasteiger partial charge in [-0.15, -0.1) is 11.3 Å². The van der Waals surface area contributed by atoms with Crippen LogP contribution in [0.2, 0.25) is 5.02 Å². The van der Waals surface area contributed by atoms with E-state index in [0.29, 0.717) is 20.0 Å². The number of carbonyl (C=O) groups is 1. The fourth-order valence-electron chi connectivity index (χ4n) is 3.44. The van der Waals surface area contributed by atoms with Crippen LogP contribution in [0.1, 0.15) is 20.3 Å². The largest absolute Gasteiger partial charge is 0.352 e. The van der Waals surface area contributed by atoms with Crippen molar-refractivity contribution in [3.63, 3.8) is 0 Å². The van der Waals surface area contributed by atoms with Gasteiger partial charge >= 0.3 is 0 Å². The van der Waals surface area contributed by atoms with Crippen LogP contribution in [0, 0.1) is 3.95 Å². The number of benzene rings is 2. The molecule has 0 radical (unpaired) electrons. The van der Waals surface area contributed by atoms with E-state index in [4.69, 9.17) is 23.8 Å². The van der Waals surface area contributed by atoms with E-state index in [-0.39, 0.29) is 24.1 Å². The second-order valence-electron chi connectivity index (χ2n) is 7.15. The van der Waals surface area contributed by atoms with Crippen molar-refractivity contribution in [3.8, 4) is 10.4 Å². The fourth-order valence-corrected chi connectivity index (χ4v) is 5.06. The summed E-state index contributed by atoms with van der Waals surface area (Å²) in [7, 11) is 0. The number of rotatable bonds is 5. The summed E-state index contributed by atoms with van der Waals surface area (Å²) in [6.45, 7) is 3.85. The van der Waals surface area contributed by atoms with Crippen LogP contribution in [0.25, 0.3) is 27.0 Å². The summed E-state index contributed by atoms with van der Waals surface area (Å²) in [6, 6.07) is 14.8. The summed E-state index contributed by atoms with van der Waals surface area (Å²) in [4.78, 5) is 26.9. The number of carbonyl (C=O) groups excluding carboxylic acids is 1. The molecule has 0 saturated carbocycles. The average molecular weight is 458 g/mol. The summed E-state index contributed by atoms with van der Waals surface area (Å²) in [5, 5.41) is 4.05. The van der Waals surface area contributed by atoms with Crippen molar-refractivity contribution in [2.45, 2.75) is 32.9 Å². The third-order valence-corrected chi connectivity index (χ3v) is 6.72. The molecule has 2 heterocycles. The lowest BCUT2D eigenvalue weighted by atomic mass is 10.2. The van der Waals surface area contributed by atoms with E-state index >= 15 is 0 Å². The quantitative estimate of drug-likeness (QED) is 0.415. The van der Waals surface area contributed by atoms with E-state index in [2.05, 4.69) is 5.32 Å². The summed E-state index contributed by atoms with van der Waals surface area (Å²) in [5.41, 5.74) is 1.97. The molecule has 0 aliphatic carbocycles. The van der Waals surface area contributed by atoms with E-state index in [9.17, 15) is 9.59 Å². The average Bonchev–Trinajstić information content (AvgIpc) is 3.08. The lowest BCUT2D eigenvalue weighted by Crippen LogP contribution is -2.37. The van der Waals surface area contributed by atoms with Crippen LogP contribution in [0.3, 0.4) is 0 Å².